The molecule has 1 aliphatic rings. The number of hydrogen-bond donors (Lipinski definition) is 2. The number of ether oxygens (including phenoxy) is 1. The zero-order chi connectivity index (χ0) is 28.9. The third-order valence-electron chi connectivity index (χ3n) is 6.81. The summed E-state index contributed by atoms with van der Waals surface area (Å²) >= 11 is 0. The van der Waals surface area contributed by atoms with E-state index in [0.29, 0.717) is 42.5 Å². The molecule has 6 rings (SSSR count). The number of anilines is 3. The van der Waals surface area contributed by atoms with Gasteiger partial charge in [0.15, 0.2) is 5.82 Å². The SMILES string of the molecule is CC(=O)Cc1ccc(NC(=O)Nc2ccc(-c3nc(N4CCOCC4)c4ccc(-c5cncnc5)cc4n3)cn2)cc1. The molecule has 11 nitrogen and oxygen atoms in total. The zero-order valence-electron chi connectivity index (χ0n) is 22.9. The number of morpholine rings is 1. The largest absolute Gasteiger partial charge is 0.378 e. The first-order valence-corrected chi connectivity index (χ1v) is 13.5. The van der Waals surface area contributed by atoms with Crippen LogP contribution >= 0.6 is 0 Å². The van der Waals surface area contributed by atoms with Gasteiger partial charge in [0.1, 0.15) is 23.7 Å². The summed E-state index contributed by atoms with van der Waals surface area (Å²) in [7, 11) is 0. The van der Waals surface area contributed by atoms with Crippen LogP contribution in [0.5, 0.6) is 0 Å². The predicted molar refractivity (Wildman–Crippen MR) is 160 cm³/mol. The summed E-state index contributed by atoms with van der Waals surface area (Å²) in [5, 5.41) is 6.46. The molecule has 1 aliphatic heterocycles. The number of aromatic nitrogens is 5. The van der Waals surface area contributed by atoms with E-state index in [1.165, 1.54) is 6.33 Å². The van der Waals surface area contributed by atoms with E-state index >= 15 is 0 Å². The van der Waals surface area contributed by atoms with Gasteiger partial charge in [-0.3, -0.25) is 10.1 Å². The molecule has 11 heteroatoms. The van der Waals surface area contributed by atoms with Crippen molar-refractivity contribution < 1.29 is 14.3 Å². The normalized spacial score (nSPS) is 13.1. The van der Waals surface area contributed by atoms with Gasteiger partial charge in [-0.15, -0.1) is 0 Å². The third kappa shape index (κ3) is 6.21. The summed E-state index contributed by atoms with van der Waals surface area (Å²) in [5.74, 6) is 1.83. The van der Waals surface area contributed by atoms with E-state index in [1.54, 1.807) is 43.7 Å². The molecule has 1 fully saturated rings. The minimum atomic E-state index is -0.427. The van der Waals surface area contributed by atoms with Crippen molar-refractivity contribution in [1.29, 1.82) is 0 Å². The predicted octanol–water partition coefficient (Wildman–Crippen LogP) is 4.76. The molecule has 2 amide bonds. The van der Waals surface area contributed by atoms with Crippen LogP contribution in [0.3, 0.4) is 0 Å². The standard InChI is InChI=1S/C31H28N8O3/c1-20(40)14-21-2-6-25(7-3-21)35-31(41)37-28-9-5-23(18-34-28)29-36-27-15-22(24-16-32-19-33-17-24)4-8-26(27)30(38-29)39-10-12-42-13-11-39/h2-9,15-19H,10-14H2,1H3,(H2,34,35,37,41). The van der Waals surface area contributed by atoms with Crippen LogP contribution in [0.1, 0.15) is 12.5 Å². The van der Waals surface area contributed by atoms with Crippen molar-refractivity contribution in [3.05, 3.63) is 85.1 Å². The number of carbonyl (C=O) groups excluding carboxylic acids is 2. The highest BCUT2D eigenvalue weighted by atomic mass is 16.5. The monoisotopic (exact) mass is 560 g/mol. The molecule has 0 bridgehead atoms. The number of amides is 2. The van der Waals surface area contributed by atoms with E-state index in [9.17, 15) is 9.59 Å². The molecular formula is C31H28N8O3. The number of carbonyl (C=O) groups is 2. The Labute approximate surface area is 242 Å². The number of fused-ring (bicyclic) bond motifs is 1. The first kappa shape index (κ1) is 26.9. The lowest BCUT2D eigenvalue weighted by Gasteiger charge is -2.29. The van der Waals surface area contributed by atoms with Crippen molar-refractivity contribution in [2.45, 2.75) is 13.3 Å². The van der Waals surface area contributed by atoms with Gasteiger partial charge in [0.25, 0.3) is 0 Å². The lowest BCUT2D eigenvalue weighted by Crippen LogP contribution is -2.37. The number of pyridine rings is 1. The molecule has 0 radical (unpaired) electrons. The average molecular weight is 561 g/mol. The van der Waals surface area contributed by atoms with E-state index in [4.69, 9.17) is 14.7 Å². The molecule has 210 valence electrons. The second-order valence-electron chi connectivity index (χ2n) is 9.92. The maximum absolute atomic E-state index is 12.5. The molecule has 0 spiro atoms. The van der Waals surface area contributed by atoms with Crippen molar-refractivity contribution in [2.24, 2.45) is 0 Å². The molecule has 0 atom stereocenters. The maximum atomic E-state index is 12.5. The van der Waals surface area contributed by atoms with Crippen LogP contribution in [0.15, 0.2) is 79.5 Å². The Morgan fingerprint density at radius 2 is 1.62 bits per heavy atom. The summed E-state index contributed by atoms with van der Waals surface area (Å²) in [6, 6.07) is 16.3. The fourth-order valence-corrected chi connectivity index (χ4v) is 4.76. The van der Waals surface area contributed by atoms with Gasteiger partial charge < -0.3 is 15.0 Å². The molecule has 4 heterocycles. The number of Topliss-reactive ketones (excluding diaryl/α,β-unsaturated/α-hetero) is 1. The van der Waals surface area contributed by atoms with Gasteiger partial charge in [-0.1, -0.05) is 18.2 Å². The van der Waals surface area contributed by atoms with Crippen molar-refractivity contribution in [3.63, 3.8) is 0 Å². The summed E-state index contributed by atoms with van der Waals surface area (Å²) in [6.45, 7) is 4.27. The van der Waals surface area contributed by atoms with Crippen LogP contribution in [-0.4, -0.2) is 63.0 Å². The second kappa shape index (κ2) is 12.1. The minimum Gasteiger partial charge on any atom is -0.378 e. The van der Waals surface area contributed by atoms with Gasteiger partial charge in [-0.05, 0) is 54.4 Å². The molecule has 5 aromatic rings. The first-order chi connectivity index (χ1) is 20.5. The third-order valence-corrected chi connectivity index (χ3v) is 6.81. The summed E-state index contributed by atoms with van der Waals surface area (Å²) in [5.41, 5.74) is 4.86. The van der Waals surface area contributed by atoms with Crippen LogP contribution in [0.4, 0.5) is 22.1 Å². The Balaban J connectivity index is 1.24. The number of benzene rings is 2. The van der Waals surface area contributed by atoms with Gasteiger partial charge >= 0.3 is 6.03 Å². The lowest BCUT2D eigenvalue weighted by molar-refractivity contribution is -0.116. The van der Waals surface area contributed by atoms with E-state index < -0.39 is 6.03 Å². The van der Waals surface area contributed by atoms with E-state index in [0.717, 1.165) is 46.5 Å². The molecule has 0 saturated carbocycles. The number of hydrogen-bond acceptors (Lipinski definition) is 9. The smallest absolute Gasteiger partial charge is 0.324 e. The van der Waals surface area contributed by atoms with Gasteiger partial charge in [0.2, 0.25) is 0 Å². The molecule has 2 N–H and O–H groups in total. The summed E-state index contributed by atoms with van der Waals surface area (Å²) < 4.78 is 5.57. The summed E-state index contributed by atoms with van der Waals surface area (Å²) in [6.07, 6.45) is 7.06. The Morgan fingerprint density at radius 1 is 0.857 bits per heavy atom. The van der Waals surface area contributed by atoms with Crippen LogP contribution in [0, 0.1) is 0 Å². The number of urea groups is 1. The number of ketones is 1. The average Bonchev–Trinajstić information content (AvgIpc) is 3.02. The topological polar surface area (TPSA) is 135 Å². The Hall–Kier alpha value is -5.29. The van der Waals surface area contributed by atoms with Crippen LogP contribution in [-0.2, 0) is 16.0 Å². The van der Waals surface area contributed by atoms with E-state index in [2.05, 4.69) is 30.5 Å². The maximum Gasteiger partial charge on any atom is 0.324 e. The molecule has 42 heavy (non-hydrogen) atoms. The van der Waals surface area contributed by atoms with Gasteiger partial charge in [-0.2, -0.15) is 0 Å². The van der Waals surface area contributed by atoms with E-state index in [1.807, 2.05) is 36.4 Å². The highest BCUT2D eigenvalue weighted by Gasteiger charge is 2.19. The van der Waals surface area contributed by atoms with Crippen molar-refractivity contribution in [2.75, 3.05) is 41.8 Å². The molecule has 1 saturated heterocycles. The molecule has 0 aliphatic carbocycles. The summed E-state index contributed by atoms with van der Waals surface area (Å²) in [4.78, 5) is 48.6. The fourth-order valence-electron chi connectivity index (χ4n) is 4.76. The van der Waals surface area contributed by atoms with Crippen LogP contribution in [0.25, 0.3) is 33.4 Å². The van der Waals surface area contributed by atoms with Gasteiger partial charge in [-0.25, -0.2) is 29.7 Å². The van der Waals surface area contributed by atoms with Crippen molar-refractivity contribution in [1.82, 2.24) is 24.9 Å². The molecule has 3 aromatic heterocycles. The Morgan fingerprint density at radius 3 is 2.33 bits per heavy atom. The molecular weight excluding hydrogens is 532 g/mol. The number of rotatable bonds is 7. The van der Waals surface area contributed by atoms with E-state index in [-0.39, 0.29) is 5.78 Å². The fraction of sp³-hybridized carbons (Fsp3) is 0.194. The highest BCUT2D eigenvalue weighted by molar-refractivity contribution is 5.99. The van der Waals surface area contributed by atoms with Gasteiger partial charge in [0, 0.05) is 60.3 Å². The van der Waals surface area contributed by atoms with Crippen molar-refractivity contribution >= 4 is 40.0 Å². The second-order valence-corrected chi connectivity index (χ2v) is 9.92. The quantitative estimate of drug-likeness (QED) is 0.289. The zero-order valence-corrected chi connectivity index (χ0v) is 22.9. The Kier molecular flexibility index (Phi) is 7.73. The Bertz CT molecular complexity index is 1720. The number of nitrogens with one attached hydrogen (secondary N) is 2. The molecule has 2 aromatic carbocycles. The lowest BCUT2D eigenvalue weighted by atomic mass is 10.1. The number of nitrogens with zero attached hydrogens (tertiary/aromatic N) is 6. The highest BCUT2D eigenvalue weighted by Crippen LogP contribution is 2.31. The van der Waals surface area contributed by atoms with Crippen LogP contribution in [0.2, 0.25) is 0 Å². The van der Waals surface area contributed by atoms with Crippen LogP contribution < -0.4 is 15.5 Å². The first-order valence-electron chi connectivity index (χ1n) is 13.5. The van der Waals surface area contributed by atoms with Crippen molar-refractivity contribution in [3.8, 4) is 22.5 Å². The minimum absolute atomic E-state index is 0.0846. The molecule has 0 unspecified atom stereocenters. The van der Waals surface area contributed by atoms with Gasteiger partial charge in [0.05, 0.1) is 18.7 Å².